The zero-order valence-corrected chi connectivity index (χ0v) is 11.4. The van der Waals surface area contributed by atoms with Crippen molar-refractivity contribution in [3.05, 3.63) is 40.4 Å². The summed E-state index contributed by atoms with van der Waals surface area (Å²) in [4.78, 5) is 13.8. The maximum atomic E-state index is 11.9. The monoisotopic (exact) mass is 263 g/mol. The Morgan fingerprint density at radius 3 is 2.67 bits per heavy atom. The fourth-order valence-corrected chi connectivity index (χ4v) is 2.29. The van der Waals surface area contributed by atoms with E-state index in [2.05, 4.69) is 0 Å². The molecule has 1 aliphatic rings. The number of carbonyl (C=O) groups is 1. The lowest BCUT2D eigenvalue weighted by Gasteiger charge is -2.25. The lowest BCUT2D eigenvalue weighted by atomic mass is 10.1. The van der Waals surface area contributed by atoms with E-state index in [1.807, 2.05) is 36.1 Å². The molecule has 18 heavy (non-hydrogen) atoms. The highest BCUT2D eigenvalue weighted by atomic mass is 35.5. The van der Waals surface area contributed by atoms with Gasteiger partial charge in [-0.2, -0.15) is 0 Å². The van der Waals surface area contributed by atoms with Gasteiger partial charge in [-0.3, -0.25) is 4.79 Å². The van der Waals surface area contributed by atoms with Crippen LogP contribution in [0.1, 0.15) is 30.4 Å². The third-order valence-corrected chi connectivity index (χ3v) is 3.69. The van der Waals surface area contributed by atoms with E-state index in [-0.39, 0.29) is 5.91 Å². The number of amides is 1. The molecule has 1 fully saturated rings. The lowest BCUT2D eigenvalue weighted by molar-refractivity contribution is -0.126. The molecule has 1 heterocycles. The van der Waals surface area contributed by atoms with Crippen LogP contribution in [-0.2, 0) is 4.79 Å². The minimum atomic E-state index is 0.103. The van der Waals surface area contributed by atoms with Gasteiger partial charge >= 0.3 is 0 Å². The molecule has 96 valence electrons. The summed E-state index contributed by atoms with van der Waals surface area (Å²) in [6.07, 6.45) is 6.96. The molecule has 1 saturated heterocycles. The molecule has 3 heteroatoms. The van der Waals surface area contributed by atoms with Crippen molar-refractivity contribution in [2.75, 3.05) is 13.1 Å². The normalized spacial score (nSPS) is 16.2. The van der Waals surface area contributed by atoms with Crippen molar-refractivity contribution in [1.82, 2.24) is 4.90 Å². The standard InChI is InChI=1S/C15H18ClNO/c1-12-5-6-13(11-14(12)16)7-8-15(18)17-9-3-2-4-10-17/h5-8,11H,2-4,9-10H2,1H3. The van der Waals surface area contributed by atoms with E-state index >= 15 is 0 Å². The first-order valence-electron chi connectivity index (χ1n) is 6.40. The highest BCUT2D eigenvalue weighted by molar-refractivity contribution is 6.31. The van der Waals surface area contributed by atoms with Crippen LogP contribution in [0.15, 0.2) is 24.3 Å². The summed E-state index contributed by atoms with van der Waals surface area (Å²) < 4.78 is 0. The Bertz CT molecular complexity index is 462. The van der Waals surface area contributed by atoms with Gasteiger partial charge in [0.2, 0.25) is 5.91 Å². The lowest BCUT2D eigenvalue weighted by Crippen LogP contribution is -2.34. The number of halogens is 1. The van der Waals surface area contributed by atoms with Crippen LogP contribution < -0.4 is 0 Å². The van der Waals surface area contributed by atoms with E-state index in [4.69, 9.17) is 11.6 Å². The van der Waals surface area contributed by atoms with Crippen LogP contribution in [0.25, 0.3) is 6.08 Å². The zero-order valence-electron chi connectivity index (χ0n) is 10.7. The van der Waals surface area contributed by atoms with E-state index in [9.17, 15) is 4.79 Å². The minimum absolute atomic E-state index is 0.103. The second kappa shape index (κ2) is 6.05. The Balaban J connectivity index is 2.01. The number of aryl methyl sites for hydroxylation is 1. The van der Waals surface area contributed by atoms with Crippen LogP contribution in [0.5, 0.6) is 0 Å². The van der Waals surface area contributed by atoms with Crippen LogP contribution in [0, 0.1) is 6.92 Å². The molecule has 1 aromatic rings. The summed E-state index contributed by atoms with van der Waals surface area (Å²) in [7, 11) is 0. The maximum absolute atomic E-state index is 11.9. The van der Waals surface area contributed by atoms with Gasteiger partial charge in [0.25, 0.3) is 0 Å². The molecule has 0 bridgehead atoms. The second-order valence-corrected chi connectivity index (χ2v) is 5.14. The van der Waals surface area contributed by atoms with Gasteiger partial charge in [-0.1, -0.05) is 23.7 Å². The van der Waals surface area contributed by atoms with Gasteiger partial charge in [-0.15, -0.1) is 0 Å². The van der Waals surface area contributed by atoms with Crippen LogP contribution in [-0.4, -0.2) is 23.9 Å². The van der Waals surface area contributed by atoms with Gasteiger partial charge in [0.1, 0.15) is 0 Å². The number of piperidine rings is 1. The smallest absolute Gasteiger partial charge is 0.246 e. The van der Waals surface area contributed by atoms with Crippen molar-refractivity contribution < 1.29 is 4.79 Å². The highest BCUT2D eigenvalue weighted by Gasteiger charge is 2.13. The summed E-state index contributed by atoms with van der Waals surface area (Å²) in [5.74, 6) is 0.103. The number of rotatable bonds is 2. The SMILES string of the molecule is Cc1ccc(C=CC(=O)N2CCCCC2)cc1Cl. The Kier molecular flexibility index (Phi) is 4.43. The third-order valence-electron chi connectivity index (χ3n) is 3.28. The van der Waals surface area contributed by atoms with Crippen molar-refractivity contribution in [2.24, 2.45) is 0 Å². The molecule has 1 amide bonds. The summed E-state index contributed by atoms with van der Waals surface area (Å²) in [6, 6.07) is 5.82. The highest BCUT2D eigenvalue weighted by Crippen LogP contribution is 2.17. The maximum Gasteiger partial charge on any atom is 0.246 e. The molecule has 2 nitrogen and oxygen atoms in total. The molecule has 2 rings (SSSR count). The van der Waals surface area contributed by atoms with E-state index < -0.39 is 0 Å². The van der Waals surface area contributed by atoms with Crippen LogP contribution in [0.2, 0.25) is 5.02 Å². The minimum Gasteiger partial charge on any atom is -0.339 e. The van der Waals surface area contributed by atoms with Crippen LogP contribution in [0.4, 0.5) is 0 Å². The summed E-state index contributed by atoms with van der Waals surface area (Å²) >= 11 is 6.05. The topological polar surface area (TPSA) is 20.3 Å². The fourth-order valence-electron chi connectivity index (χ4n) is 2.10. The quantitative estimate of drug-likeness (QED) is 0.746. The summed E-state index contributed by atoms with van der Waals surface area (Å²) in [5, 5.41) is 0.738. The number of benzene rings is 1. The van der Waals surface area contributed by atoms with E-state index in [1.54, 1.807) is 6.08 Å². The van der Waals surface area contributed by atoms with Gasteiger partial charge in [-0.05, 0) is 49.5 Å². The molecule has 0 spiro atoms. The molecule has 0 radical (unpaired) electrons. The van der Waals surface area contributed by atoms with Crippen LogP contribution in [0.3, 0.4) is 0 Å². The van der Waals surface area contributed by atoms with Crippen molar-refractivity contribution in [2.45, 2.75) is 26.2 Å². The molecule has 0 aliphatic carbocycles. The van der Waals surface area contributed by atoms with E-state index in [1.165, 1.54) is 6.42 Å². The molecular weight excluding hydrogens is 246 g/mol. The third kappa shape index (κ3) is 3.36. The molecule has 0 saturated carbocycles. The van der Waals surface area contributed by atoms with Gasteiger partial charge in [0.15, 0.2) is 0 Å². The van der Waals surface area contributed by atoms with Gasteiger partial charge in [0, 0.05) is 24.2 Å². The molecule has 1 aliphatic heterocycles. The van der Waals surface area contributed by atoms with Crippen molar-refractivity contribution in [1.29, 1.82) is 0 Å². The van der Waals surface area contributed by atoms with E-state index in [0.29, 0.717) is 0 Å². The van der Waals surface area contributed by atoms with Crippen molar-refractivity contribution in [3.63, 3.8) is 0 Å². The first-order chi connectivity index (χ1) is 8.66. The number of nitrogens with zero attached hydrogens (tertiary/aromatic N) is 1. The Morgan fingerprint density at radius 1 is 1.28 bits per heavy atom. The Morgan fingerprint density at radius 2 is 2.00 bits per heavy atom. The zero-order chi connectivity index (χ0) is 13.0. The first kappa shape index (κ1) is 13.2. The summed E-state index contributed by atoms with van der Waals surface area (Å²) in [5.41, 5.74) is 2.02. The van der Waals surface area contributed by atoms with Crippen LogP contribution >= 0.6 is 11.6 Å². The number of hydrogen-bond donors (Lipinski definition) is 0. The predicted molar refractivity (Wildman–Crippen MR) is 75.7 cm³/mol. The Labute approximate surface area is 113 Å². The number of hydrogen-bond acceptors (Lipinski definition) is 1. The summed E-state index contributed by atoms with van der Waals surface area (Å²) in [6.45, 7) is 3.74. The first-order valence-corrected chi connectivity index (χ1v) is 6.78. The molecule has 0 aromatic heterocycles. The van der Waals surface area contributed by atoms with Crippen molar-refractivity contribution in [3.8, 4) is 0 Å². The van der Waals surface area contributed by atoms with Gasteiger partial charge < -0.3 is 4.90 Å². The fraction of sp³-hybridized carbons (Fsp3) is 0.400. The Hall–Kier alpha value is -1.28. The van der Waals surface area contributed by atoms with Gasteiger partial charge in [-0.25, -0.2) is 0 Å². The number of carbonyl (C=O) groups excluding carboxylic acids is 1. The molecule has 0 N–H and O–H groups in total. The molecular formula is C15H18ClNO. The largest absolute Gasteiger partial charge is 0.339 e. The van der Waals surface area contributed by atoms with Crippen molar-refractivity contribution >= 4 is 23.6 Å². The van der Waals surface area contributed by atoms with Gasteiger partial charge in [0.05, 0.1) is 0 Å². The average molecular weight is 264 g/mol. The molecule has 0 atom stereocenters. The average Bonchev–Trinajstić information content (AvgIpc) is 2.41. The molecule has 0 unspecified atom stereocenters. The predicted octanol–water partition coefficient (Wildman–Crippen LogP) is 3.67. The molecule has 1 aromatic carbocycles. The van der Waals surface area contributed by atoms with E-state index in [0.717, 1.165) is 42.1 Å². The second-order valence-electron chi connectivity index (χ2n) is 4.73. The number of likely N-dealkylation sites (tertiary alicyclic amines) is 1.